The summed E-state index contributed by atoms with van der Waals surface area (Å²) in [4.78, 5) is 29.1. The molecule has 0 atom stereocenters. The minimum absolute atomic E-state index is 0.120. The highest BCUT2D eigenvalue weighted by molar-refractivity contribution is 6.00. The summed E-state index contributed by atoms with van der Waals surface area (Å²) in [6.07, 6.45) is -2.79. The number of anilines is 2. The van der Waals surface area contributed by atoms with Crippen molar-refractivity contribution in [1.82, 2.24) is 24.7 Å². The van der Waals surface area contributed by atoms with Gasteiger partial charge in [-0.2, -0.15) is 18.3 Å². The highest BCUT2D eigenvalue weighted by Crippen LogP contribution is 2.44. The van der Waals surface area contributed by atoms with E-state index >= 15 is 0 Å². The molecule has 0 saturated carbocycles. The predicted molar refractivity (Wildman–Crippen MR) is 116 cm³/mol. The molecule has 0 N–H and O–H groups in total. The fourth-order valence-electron chi connectivity index (χ4n) is 4.90. The number of aryl methyl sites for hydroxylation is 1. The van der Waals surface area contributed by atoms with Gasteiger partial charge in [-0.25, -0.2) is 28.4 Å². The molecule has 5 heterocycles. The lowest BCUT2D eigenvalue weighted by Gasteiger charge is -2.38. The number of hydrogen-bond acceptors (Lipinski definition) is 6. The largest absolute Gasteiger partial charge is 0.433 e. The van der Waals surface area contributed by atoms with E-state index in [0.717, 1.165) is 16.9 Å². The molecule has 2 aliphatic rings. The summed E-state index contributed by atoms with van der Waals surface area (Å²) in [6.45, 7) is 2.53. The maximum Gasteiger partial charge on any atom is 0.433 e. The molecule has 186 valence electrons. The third-order valence-corrected chi connectivity index (χ3v) is 6.82. The highest BCUT2D eigenvalue weighted by Gasteiger charge is 2.49. The first kappa shape index (κ1) is 23.4. The van der Waals surface area contributed by atoms with Crippen LogP contribution in [0.25, 0.3) is 11.2 Å². The minimum Gasteiger partial charge on any atom is -0.355 e. The number of rotatable bonds is 4. The number of aromatic nitrogens is 5. The molecule has 2 saturated heterocycles. The lowest BCUT2D eigenvalue weighted by molar-refractivity contribution is -0.141. The van der Waals surface area contributed by atoms with Crippen molar-refractivity contribution in [3.05, 3.63) is 35.9 Å². The summed E-state index contributed by atoms with van der Waals surface area (Å²) in [5.74, 6) is 0.405. The number of alkyl halides is 5. The van der Waals surface area contributed by atoms with Gasteiger partial charge in [-0.1, -0.05) is 0 Å². The lowest BCUT2D eigenvalue weighted by Crippen LogP contribution is -2.45. The molecule has 8 nitrogen and oxygen atoms in total. The van der Waals surface area contributed by atoms with E-state index in [4.69, 9.17) is 0 Å². The Morgan fingerprint density at radius 3 is 2.40 bits per heavy atom. The molecule has 0 aromatic carbocycles. The van der Waals surface area contributed by atoms with Crippen molar-refractivity contribution in [2.24, 2.45) is 5.41 Å². The second-order valence-electron chi connectivity index (χ2n) is 8.93. The van der Waals surface area contributed by atoms with Gasteiger partial charge in [0.05, 0.1) is 29.2 Å². The molecule has 1 amide bonds. The predicted octanol–water partition coefficient (Wildman–Crippen LogP) is 3.84. The lowest BCUT2D eigenvalue weighted by atomic mass is 9.77. The smallest absolute Gasteiger partial charge is 0.355 e. The van der Waals surface area contributed by atoms with Gasteiger partial charge in [-0.05, 0) is 38.3 Å². The minimum atomic E-state index is -4.54. The van der Waals surface area contributed by atoms with Gasteiger partial charge in [-0.3, -0.25) is 4.79 Å². The number of fused-ring (bicyclic) bond motifs is 1. The number of nitrogens with zero attached hydrogens (tertiary/aromatic N) is 7. The summed E-state index contributed by atoms with van der Waals surface area (Å²) in [7, 11) is 0. The van der Waals surface area contributed by atoms with E-state index in [1.54, 1.807) is 13.1 Å². The van der Waals surface area contributed by atoms with E-state index in [2.05, 4.69) is 20.1 Å². The molecule has 1 spiro atoms. The Labute approximate surface area is 196 Å². The average Bonchev–Trinajstić information content (AvgIpc) is 3.30. The zero-order chi connectivity index (χ0) is 25.0. The van der Waals surface area contributed by atoms with Gasteiger partial charge in [0.1, 0.15) is 23.6 Å². The van der Waals surface area contributed by atoms with Gasteiger partial charge >= 0.3 is 6.18 Å². The van der Waals surface area contributed by atoms with Gasteiger partial charge in [0.15, 0.2) is 5.65 Å². The summed E-state index contributed by atoms with van der Waals surface area (Å²) >= 11 is 0. The Kier molecular flexibility index (Phi) is 5.59. The zero-order valence-electron chi connectivity index (χ0n) is 18.8. The van der Waals surface area contributed by atoms with Gasteiger partial charge in [0.2, 0.25) is 5.91 Å². The topological polar surface area (TPSA) is 80.0 Å². The van der Waals surface area contributed by atoms with Crippen LogP contribution in [0.5, 0.6) is 0 Å². The molecule has 0 unspecified atom stereocenters. The first-order chi connectivity index (χ1) is 16.6. The van der Waals surface area contributed by atoms with Crippen molar-refractivity contribution in [3.63, 3.8) is 0 Å². The van der Waals surface area contributed by atoms with E-state index < -0.39 is 30.3 Å². The standard InChI is InChI=1S/C22H22F5N7O/c1-13-18-19(34(31-13)12-16(23)24)30-17(11-29-18)32-7-4-21(5-8-32)6-9-33(20(21)35)14-2-3-15(28-10-14)22(25,26)27/h2-3,10-11,16H,4-9,12H2,1H3. The van der Waals surface area contributed by atoms with Gasteiger partial charge in [0.25, 0.3) is 6.43 Å². The number of hydrogen-bond donors (Lipinski definition) is 0. The number of piperidine rings is 1. The van der Waals surface area contributed by atoms with Gasteiger partial charge < -0.3 is 9.80 Å². The van der Waals surface area contributed by atoms with Crippen molar-refractivity contribution in [3.8, 4) is 0 Å². The second-order valence-corrected chi connectivity index (χ2v) is 8.93. The van der Waals surface area contributed by atoms with Crippen LogP contribution in [0.1, 0.15) is 30.7 Å². The highest BCUT2D eigenvalue weighted by atomic mass is 19.4. The van der Waals surface area contributed by atoms with Crippen LogP contribution < -0.4 is 9.80 Å². The van der Waals surface area contributed by atoms with Crippen LogP contribution in [0.15, 0.2) is 24.5 Å². The Morgan fingerprint density at radius 2 is 1.77 bits per heavy atom. The average molecular weight is 495 g/mol. The normalized spacial score (nSPS) is 18.4. The monoisotopic (exact) mass is 495 g/mol. The van der Waals surface area contributed by atoms with Crippen molar-refractivity contribution in [2.45, 2.75) is 45.3 Å². The van der Waals surface area contributed by atoms with Crippen molar-refractivity contribution in [2.75, 3.05) is 29.4 Å². The van der Waals surface area contributed by atoms with Crippen LogP contribution in [0.4, 0.5) is 33.5 Å². The van der Waals surface area contributed by atoms with E-state index in [1.165, 1.54) is 11.0 Å². The molecule has 3 aromatic heterocycles. The fourth-order valence-corrected chi connectivity index (χ4v) is 4.90. The van der Waals surface area contributed by atoms with Crippen molar-refractivity contribution >= 4 is 28.6 Å². The van der Waals surface area contributed by atoms with E-state index in [1.807, 2.05) is 4.90 Å². The first-order valence-corrected chi connectivity index (χ1v) is 11.2. The van der Waals surface area contributed by atoms with Gasteiger partial charge in [-0.15, -0.1) is 0 Å². The summed E-state index contributed by atoms with van der Waals surface area (Å²) in [6, 6.07) is 2.16. The van der Waals surface area contributed by atoms with E-state index in [-0.39, 0.29) is 5.91 Å². The molecular formula is C22H22F5N7O. The van der Waals surface area contributed by atoms with Crippen molar-refractivity contribution < 1.29 is 26.7 Å². The van der Waals surface area contributed by atoms with Crippen molar-refractivity contribution in [1.29, 1.82) is 0 Å². The van der Waals surface area contributed by atoms with Crippen LogP contribution in [-0.2, 0) is 17.5 Å². The summed E-state index contributed by atoms with van der Waals surface area (Å²) in [5, 5.41) is 4.12. The molecular weight excluding hydrogens is 473 g/mol. The maximum absolute atomic E-state index is 13.3. The Morgan fingerprint density at radius 1 is 1.06 bits per heavy atom. The van der Waals surface area contributed by atoms with Crippen LogP contribution in [0.2, 0.25) is 0 Å². The van der Waals surface area contributed by atoms with Crippen LogP contribution in [0, 0.1) is 12.3 Å². The number of carbonyl (C=O) groups excluding carboxylic acids is 1. The number of carbonyl (C=O) groups is 1. The molecule has 5 rings (SSSR count). The molecule has 2 aliphatic heterocycles. The third kappa shape index (κ3) is 4.16. The summed E-state index contributed by atoms with van der Waals surface area (Å²) < 4.78 is 65.4. The first-order valence-electron chi connectivity index (χ1n) is 11.2. The van der Waals surface area contributed by atoms with Gasteiger partial charge in [0, 0.05) is 19.6 Å². The molecule has 0 bridgehead atoms. The fraction of sp³-hybridized carbons (Fsp3) is 0.500. The number of halogens is 5. The van der Waals surface area contributed by atoms with Crippen LogP contribution >= 0.6 is 0 Å². The molecule has 13 heteroatoms. The number of amides is 1. The molecule has 0 radical (unpaired) electrons. The Bertz CT molecular complexity index is 1250. The molecule has 3 aromatic rings. The molecule has 0 aliphatic carbocycles. The Hall–Kier alpha value is -3.38. The zero-order valence-corrected chi connectivity index (χ0v) is 18.8. The summed E-state index contributed by atoms with van der Waals surface area (Å²) in [5.41, 5.74) is 0.0188. The SMILES string of the molecule is Cc1nn(CC(F)F)c2nc(N3CCC4(CC3)CCN(c3ccc(C(F)(F)F)nc3)C4=O)cnc12. The third-order valence-electron chi connectivity index (χ3n) is 6.82. The maximum atomic E-state index is 13.3. The van der Waals surface area contributed by atoms with E-state index in [0.29, 0.717) is 67.3 Å². The van der Waals surface area contributed by atoms with Crippen LogP contribution in [0.3, 0.4) is 0 Å². The molecule has 2 fully saturated rings. The number of pyridine rings is 1. The quantitative estimate of drug-likeness (QED) is 0.512. The Balaban J connectivity index is 1.30. The van der Waals surface area contributed by atoms with Crippen LogP contribution in [-0.4, -0.2) is 56.7 Å². The van der Waals surface area contributed by atoms with E-state index in [9.17, 15) is 26.7 Å². The second kappa shape index (κ2) is 8.38. The molecule has 35 heavy (non-hydrogen) atoms.